The van der Waals surface area contributed by atoms with Crippen LogP contribution < -0.4 is 5.32 Å². The number of hydrogen-bond acceptors (Lipinski definition) is 4. The predicted molar refractivity (Wildman–Crippen MR) is 131 cm³/mol. The third-order valence-electron chi connectivity index (χ3n) is 7.96. The molecular formula is C28H32N2O5. The van der Waals surface area contributed by atoms with Crippen LogP contribution in [0.1, 0.15) is 49.7 Å². The molecule has 2 amide bonds. The van der Waals surface area contributed by atoms with Crippen LogP contribution in [0.5, 0.6) is 0 Å². The summed E-state index contributed by atoms with van der Waals surface area (Å²) in [6.45, 7) is 3.40. The molecule has 5 rings (SSSR count). The molecule has 184 valence electrons. The van der Waals surface area contributed by atoms with Gasteiger partial charge in [-0.3, -0.25) is 9.59 Å². The lowest BCUT2D eigenvalue weighted by Gasteiger charge is -2.21. The number of carbonyl (C=O) groups excluding carboxylic acids is 2. The maximum absolute atomic E-state index is 13.0. The van der Waals surface area contributed by atoms with Gasteiger partial charge in [-0.1, -0.05) is 55.5 Å². The molecule has 2 aromatic carbocycles. The van der Waals surface area contributed by atoms with Crippen molar-refractivity contribution in [2.24, 2.45) is 17.8 Å². The molecule has 1 saturated carbocycles. The summed E-state index contributed by atoms with van der Waals surface area (Å²) in [5.41, 5.74) is 4.73. The Labute approximate surface area is 205 Å². The van der Waals surface area contributed by atoms with Crippen molar-refractivity contribution < 1.29 is 24.2 Å². The van der Waals surface area contributed by atoms with E-state index in [0.29, 0.717) is 19.5 Å². The first kappa shape index (κ1) is 23.4. The minimum absolute atomic E-state index is 0.00704. The molecule has 2 fully saturated rings. The summed E-state index contributed by atoms with van der Waals surface area (Å²) >= 11 is 0. The molecule has 0 radical (unpaired) electrons. The molecule has 4 atom stereocenters. The lowest BCUT2D eigenvalue weighted by atomic mass is 9.95. The van der Waals surface area contributed by atoms with Gasteiger partial charge in [-0.05, 0) is 53.4 Å². The molecule has 7 heteroatoms. The zero-order valence-electron chi connectivity index (χ0n) is 20.0. The van der Waals surface area contributed by atoms with Gasteiger partial charge in [0.1, 0.15) is 6.61 Å². The first-order chi connectivity index (χ1) is 16.9. The summed E-state index contributed by atoms with van der Waals surface area (Å²) in [5.74, 6) is -0.656. The number of carboxylic acid groups (broad SMARTS) is 1. The van der Waals surface area contributed by atoms with Crippen LogP contribution in [0.15, 0.2) is 48.5 Å². The Morgan fingerprint density at radius 1 is 1.00 bits per heavy atom. The van der Waals surface area contributed by atoms with Gasteiger partial charge in [-0.25, -0.2) is 4.79 Å². The fourth-order valence-corrected chi connectivity index (χ4v) is 6.11. The van der Waals surface area contributed by atoms with Gasteiger partial charge in [0.05, 0.1) is 6.42 Å². The van der Waals surface area contributed by atoms with Gasteiger partial charge in [-0.15, -0.1) is 0 Å². The van der Waals surface area contributed by atoms with Crippen molar-refractivity contribution >= 4 is 18.0 Å². The molecule has 0 aromatic heterocycles. The Morgan fingerprint density at radius 3 is 2.31 bits per heavy atom. The van der Waals surface area contributed by atoms with E-state index in [1.807, 2.05) is 36.1 Å². The number of nitrogens with zero attached hydrogens (tertiary/aromatic N) is 1. The number of amides is 2. The van der Waals surface area contributed by atoms with Crippen LogP contribution in [-0.4, -0.2) is 53.7 Å². The fraction of sp³-hybridized carbons (Fsp3) is 0.464. The number of fused-ring (bicyclic) bond motifs is 3. The van der Waals surface area contributed by atoms with E-state index in [1.165, 1.54) is 22.3 Å². The van der Waals surface area contributed by atoms with Crippen LogP contribution in [-0.2, 0) is 14.3 Å². The highest BCUT2D eigenvalue weighted by Gasteiger charge is 2.39. The summed E-state index contributed by atoms with van der Waals surface area (Å²) in [5, 5.41) is 12.1. The van der Waals surface area contributed by atoms with E-state index in [0.717, 1.165) is 12.8 Å². The number of aliphatic carboxylic acids is 1. The minimum atomic E-state index is -0.815. The smallest absolute Gasteiger partial charge is 0.407 e. The molecule has 7 nitrogen and oxygen atoms in total. The van der Waals surface area contributed by atoms with Crippen molar-refractivity contribution in [3.63, 3.8) is 0 Å². The normalized spacial score (nSPS) is 25.2. The molecule has 0 unspecified atom stereocenters. The maximum atomic E-state index is 13.0. The third-order valence-corrected chi connectivity index (χ3v) is 7.96. The van der Waals surface area contributed by atoms with Crippen molar-refractivity contribution in [1.29, 1.82) is 0 Å². The molecule has 1 saturated heterocycles. The van der Waals surface area contributed by atoms with E-state index in [1.54, 1.807) is 0 Å². The van der Waals surface area contributed by atoms with Crippen LogP contribution in [0, 0.1) is 17.8 Å². The fourth-order valence-electron chi connectivity index (χ4n) is 6.11. The first-order valence-electron chi connectivity index (χ1n) is 12.5. The number of nitrogens with one attached hydrogen (secondary N) is 1. The van der Waals surface area contributed by atoms with Crippen LogP contribution in [0.4, 0.5) is 4.79 Å². The van der Waals surface area contributed by atoms with Gasteiger partial charge in [0, 0.05) is 31.0 Å². The number of carbonyl (C=O) groups is 3. The highest BCUT2D eigenvalue weighted by molar-refractivity contribution is 5.80. The number of alkyl carbamates (subject to hydrolysis) is 1. The van der Waals surface area contributed by atoms with Crippen LogP contribution in [0.3, 0.4) is 0 Å². The minimum Gasteiger partial charge on any atom is -0.481 e. The number of carboxylic acids is 1. The summed E-state index contributed by atoms with van der Waals surface area (Å²) in [7, 11) is 0. The second kappa shape index (κ2) is 9.72. The average molecular weight is 477 g/mol. The third kappa shape index (κ3) is 4.77. The second-order valence-electron chi connectivity index (χ2n) is 10.3. The Kier molecular flexibility index (Phi) is 6.50. The zero-order valence-corrected chi connectivity index (χ0v) is 20.0. The number of rotatable bonds is 6. The lowest BCUT2D eigenvalue weighted by molar-refractivity contribution is -0.139. The van der Waals surface area contributed by atoms with Crippen molar-refractivity contribution in [3.05, 3.63) is 59.7 Å². The molecule has 1 aliphatic heterocycles. The molecule has 3 aliphatic rings. The van der Waals surface area contributed by atoms with E-state index in [4.69, 9.17) is 9.84 Å². The summed E-state index contributed by atoms with van der Waals surface area (Å²) in [4.78, 5) is 38.5. The highest BCUT2D eigenvalue weighted by atomic mass is 16.5. The predicted octanol–water partition coefficient (Wildman–Crippen LogP) is 4.26. The van der Waals surface area contributed by atoms with Gasteiger partial charge in [0.25, 0.3) is 0 Å². The number of hydrogen-bond donors (Lipinski definition) is 2. The Balaban J connectivity index is 1.13. The lowest BCUT2D eigenvalue weighted by Crippen LogP contribution is -2.37. The van der Waals surface area contributed by atoms with E-state index >= 15 is 0 Å². The standard InChI is InChI=1S/C28H32N2O5/c1-17-14-30(15-19(17)13-26(31)32)27(33)18-10-11-20(12-18)29-28(34)35-16-25-23-8-4-2-6-21(23)22-7-3-5-9-24(22)25/h2-9,17-20,25H,10-16H2,1H3,(H,29,34)(H,31,32)/t17-,18+,19-,20-/m1/s1. The second-order valence-corrected chi connectivity index (χ2v) is 10.3. The Morgan fingerprint density at radius 2 is 1.66 bits per heavy atom. The maximum Gasteiger partial charge on any atom is 0.407 e. The largest absolute Gasteiger partial charge is 0.481 e. The Bertz CT molecular complexity index is 1090. The Hall–Kier alpha value is -3.35. The topological polar surface area (TPSA) is 95.9 Å². The molecule has 2 N–H and O–H groups in total. The van der Waals surface area contributed by atoms with Crippen molar-refractivity contribution in [1.82, 2.24) is 10.2 Å². The van der Waals surface area contributed by atoms with E-state index in [2.05, 4.69) is 29.6 Å². The molecular weight excluding hydrogens is 444 g/mol. The number of ether oxygens (including phenoxy) is 1. The van der Waals surface area contributed by atoms with Gasteiger partial charge < -0.3 is 20.1 Å². The highest BCUT2D eigenvalue weighted by Crippen LogP contribution is 2.44. The van der Waals surface area contributed by atoms with Crippen LogP contribution in [0.25, 0.3) is 11.1 Å². The van der Waals surface area contributed by atoms with Crippen LogP contribution >= 0.6 is 0 Å². The van der Waals surface area contributed by atoms with Crippen molar-refractivity contribution in [2.75, 3.05) is 19.7 Å². The quantitative estimate of drug-likeness (QED) is 0.649. The molecule has 2 aromatic rings. The molecule has 0 bridgehead atoms. The summed E-state index contributed by atoms with van der Waals surface area (Å²) < 4.78 is 5.66. The van der Waals surface area contributed by atoms with Crippen molar-refractivity contribution in [3.8, 4) is 11.1 Å². The number of benzene rings is 2. The number of likely N-dealkylation sites (tertiary alicyclic amines) is 1. The SMILES string of the molecule is C[C@@H]1CN(C(=O)[C@H]2CC[C@@H](NC(=O)OCC3c4ccccc4-c4ccccc43)C2)C[C@H]1CC(=O)O. The monoisotopic (exact) mass is 476 g/mol. The van der Waals surface area contributed by atoms with Crippen molar-refractivity contribution in [2.45, 2.75) is 44.6 Å². The average Bonchev–Trinajstić information content (AvgIpc) is 3.53. The van der Waals surface area contributed by atoms with E-state index < -0.39 is 12.1 Å². The van der Waals surface area contributed by atoms with Gasteiger partial charge >= 0.3 is 12.1 Å². The van der Waals surface area contributed by atoms with E-state index in [-0.39, 0.29) is 48.6 Å². The van der Waals surface area contributed by atoms with Gasteiger partial charge in [-0.2, -0.15) is 0 Å². The molecule has 35 heavy (non-hydrogen) atoms. The summed E-state index contributed by atoms with van der Waals surface area (Å²) in [6.07, 6.45) is 1.71. The van der Waals surface area contributed by atoms with Crippen LogP contribution in [0.2, 0.25) is 0 Å². The molecule has 0 spiro atoms. The van der Waals surface area contributed by atoms with E-state index in [9.17, 15) is 14.4 Å². The van der Waals surface area contributed by atoms with Gasteiger partial charge in [0.2, 0.25) is 5.91 Å². The summed E-state index contributed by atoms with van der Waals surface area (Å²) in [6, 6.07) is 16.4. The first-order valence-corrected chi connectivity index (χ1v) is 12.5. The molecule has 2 aliphatic carbocycles. The molecule has 1 heterocycles. The zero-order chi connectivity index (χ0) is 24.5. The van der Waals surface area contributed by atoms with Gasteiger partial charge in [0.15, 0.2) is 0 Å².